The van der Waals surface area contributed by atoms with E-state index >= 15 is 0 Å². The molecule has 2 rings (SSSR count). The molecule has 82 valence electrons. The summed E-state index contributed by atoms with van der Waals surface area (Å²) in [7, 11) is 0. The third-order valence-corrected chi connectivity index (χ3v) is 3.27. The van der Waals surface area contributed by atoms with Gasteiger partial charge < -0.3 is 0 Å². The van der Waals surface area contributed by atoms with Gasteiger partial charge in [0.2, 0.25) is 0 Å². The van der Waals surface area contributed by atoms with Crippen molar-refractivity contribution in [3.8, 4) is 0 Å². The van der Waals surface area contributed by atoms with Crippen LogP contribution in [0.2, 0.25) is 4.34 Å². The molecule has 0 bridgehead atoms. The summed E-state index contributed by atoms with van der Waals surface area (Å²) >= 11 is 7.07. The Hall–Kier alpha value is -1.26. The lowest BCUT2D eigenvalue weighted by atomic mass is 10.1. The van der Waals surface area contributed by atoms with Crippen LogP contribution in [0.1, 0.15) is 15.2 Å². The van der Waals surface area contributed by atoms with Gasteiger partial charge in [0.25, 0.3) is 0 Å². The Balaban J connectivity index is 2.18. The van der Waals surface area contributed by atoms with Gasteiger partial charge in [-0.25, -0.2) is 4.39 Å². The molecular formula is C11H7ClFNOS. The Morgan fingerprint density at radius 3 is 2.88 bits per heavy atom. The molecule has 0 N–H and O–H groups in total. The van der Waals surface area contributed by atoms with Gasteiger partial charge in [0.05, 0.1) is 16.1 Å². The Kier molecular flexibility index (Phi) is 3.31. The smallest absolute Gasteiger partial charge is 0.171 e. The molecular weight excluding hydrogens is 249 g/mol. The average Bonchev–Trinajstić information content (AvgIpc) is 2.64. The molecule has 0 saturated carbocycles. The van der Waals surface area contributed by atoms with Crippen LogP contribution in [0.25, 0.3) is 0 Å². The van der Waals surface area contributed by atoms with Crippen molar-refractivity contribution in [2.45, 2.75) is 6.42 Å². The molecule has 0 unspecified atom stereocenters. The Labute approximate surface area is 101 Å². The first-order chi connectivity index (χ1) is 7.66. The molecule has 0 saturated heterocycles. The minimum atomic E-state index is -0.588. The van der Waals surface area contributed by atoms with Crippen LogP contribution in [0.4, 0.5) is 4.39 Å². The van der Waals surface area contributed by atoms with Crippen molar-refractivity contribution in [3.63, 3.8) is 0 Å². The van der Waals surface area contributed by atoms with E-state index in [-0.39, 0.29) is 17.8 Å². The van der Waals surface area contributed by atoms with E-state index in [0.717, 1.165) is 11.1 Å². The molecule has 2 heterocycles. The Bertz CT molecular complexity index is 526. The maximum absolute atomic E-state index is 13.2. The number of aromatic nitrogens is 1. The third-order valence-electron chi connectivity index (χ3n) is 2.04. The number of carbonyl (C=O) groups excluding carboxylic acids is 1. The molecule has 2 aromatic heterocycles. The quantitative estimate of drug-likeness (QED) is 0.787. The van der Waals surface area contributed by atoms with Crippen LogP contribution in [0.15, 0.2) is 30.6 Å². The summed E-state index contributed by atoms with van der Waals surface area (Å²) in [6.45, 7) is 0. The fraction of sp³-hybridized carbons (Fsp3) is 0.0909. The van der Waals surface area contributed by atoms with Gasteiger partial charge in [-0.15, -0.1) is 11.3 Å². The normalized spacial score (nSPS) is 10.4. The minimum absolute atomic E-state index is 0.0690. The minimum Gasteiger partial charge on any atom is -0.294 e. The number of pyridine rings is 1. The molecule has 2 nitrogen and oxygen atoms in total. The van der Waals surface area contributed by atoms with E-state index in [1.165, 1.54) is 23.6 Å². The first kappa shape index (κ1) is 11.2. The molecule has 5 heteroatoms. The van der Waals surface area contributed by atoms with E-state index in [2.05, 4.69) is 4.98 Å². The zero-order chi connectivity index (χ0) is 11.5. The first-order valence-corrected chi connectivity index (χ1v) is 5.73. The topological polar surface area (TPSA) is 30.0 Å². The summed E-state index contributed by atoms with van der Waals surface area (Å²) in [5.74, 6) is -0.853. The predicted molar refractivity (Wildman–Crippen MR) is 61.6 cm³/mol. The van der Waals surface area contributed by atoms with E-state index in [0.29, 0.717) is 4.34 Å². The number of nitrogens with zero attached hydrogens (tertiary/aromatic N) is 1. The van der Waals surface area contributed by atoms with E-state index in [9.17, 15) is 9.18 Å². The summed E-state index contributed by atoms with van der Waals surface area (Å²) < 4.78 is 13.9. The molecule has 0 fully saturated rings. The number of Topliss-reactive ketones (excluding diaryl/α,β-unsaturated/α-hetero) is 1. The zero-order valence-corrected chi connectivity index (χ0v) is 9.69. The maximum Gasteiger partial charge on any atom is 0.171 e. The third kappa shape index (κ3) is 2.46. The van der Waals surface area contributed by atoms with Crippen LogP contribution < -0.4 is 0 Å². The van der Waals surface area contributed by atoms with Crippen molar-refractivity contribution >= 4 is 28.7 Å². The summed E-state index contributed by atoms with van der Waals surface area (Å²) in [5, 5.41) is 0. The molecule has 0 amide bonds. The highest BCUT2D eigenvalue weighted by Gasteiger charge is 2.12. The lowest BCUT2D eigenvalue weighted by molar-refractivity contribution is 0.0990. The lowest BCUT2D eigenvalue weighted by Crippen LogP contribution is -2.05. The summed E-state index contributed by atoms with van der Waals surface area (Å²) in [6, 6.07) is 4.87. The van der Waals surface area contributed by atoms with Gasteiger partial charge >= 0.3 is 0 Å². The van der Waals surface area contributed by atoms with Gasteiger partial charge in [0.15, 0.2) is 11.6 Å². The fourth-order valence-corrected chi connectivity index (χ4v) is 2.39. The van der Waals surface area contributed by atoms with Gasteiger partial charge in [0.1, 0.15) is 0 Å². The molecule has 0 aliphatic rings. The standard InChI is InChI=1S/C11H7ClFNOS/c12-11-2-1-7(16-11)5-10(15)8-3-4-14-6-9(8)13/h1-4,6H,5H2. The zero-order valence-electron chi connectivity index (χ0n) is 8.11. The SMILES string of the molecule is O=C(Cc1ccc(Cl)s1)c1ccncc1F. The second kappa shape index (κ2) is 4.72. The maximum atomic E-state index is 13.2. The van der Waals surface area contributed by atoms with Crippen LogP contribution in [-0.2, 0) is 6.42 Å². The van der Waals surface area contributed by atoms with E-state index < -0.39 is 5.82 Å². The number of carbonyl (C=O) groups is 1. The summed E-state index contributed by atoms with van der Waals surface area (Å²) in [6.07, 6.45) is 2.60. The largest absolute Gasteiger partial charge is 0.294 e. The van der Waals surface area contributed by atoms with Crippen molar-refractivity contribution in [1.29, 1.82) is 0 Å². The van der Waals surface area contributed by atoms with Crippen molar-refractivity contribution in [3.05, 3.63) is 51.2 Å². The summed E-state index contributed by atoms with van der Waals surface area (Å²) in [4.78, 5) is 16.2. The molecule has 0 aromatic carbocycles. The van der Waals surface area contributed by atoms with E-state index in [1.54, 1.807) is 12.1 Å². The molecule has 16 heavy (non-hydrogen) atoms. The molecule has 0 spiro atoms. The van der Waals surface area contributed by atoms with Crippen LogP contribution in [-0.4, -0.2) is 10.8 Å². The predicted octanol–water partition coefficient (Wildman–Crippen LogP) is 3.36. The number of ketones is 1. The fourth-order valence-electron chi connectivity index (χ4n) is 1.30. The van der Waals surface area contributed by atoms with Gasteiger partial charge in [-0.05, 0) is 18.2 Å². The second-order valence-electron chi connectivity index (χ2n) is 3.16. The molecule has 0 radical (unpaired) electrons. The van der Waals surface area contributed by atoms with Gasteiger partial charge in [-0.1, -0.05) is 11.6 Å². The summed E-state index contributed by atoms with van der Waals surface area (Å²) in [5.41, 5.74) is 0.0690. The highest BCUT2D eigenvalue weighted by Crippen LogP contribution is 2.23. The Morgan fingerprint density at radius 2 is 2.25 bits per heavy atom. The number of thiophene rings is 1. The average molecular weight is 256 g/mol. The number of rotatable bonds is 3. The van der Waals surface area contributed by atoms with Gasteiger partial charge in [-0.3, -0.25) is 9.78 Å². The van der Waals surface area contributed by atoms with Crippen LogP contribution >= 0.6 is 22.9 Å². The van der Waals surface area contributed by atoms with Crippen LogP contribution in [0.5, 0.6) is 0 Å². The molecule has 0 aliphatic heterocycles. The number of halogens is 2. The highest BCUT2D eigenvalue weighted by molar-refractivity contribution is 7.16. The van der Waals surface area contributed by atoms with Crippen molar-refractivity contribution < 1.29 is 9.18 Å². The van der Waals surface area contributed by atoms with E-state index in [4.69, 9.17) is 11.6 Å². The van der Waals surface area contributed by atoms with Gasteiger partial charge in [-0.2, -0.15) is 0 Å². The number of hydrogen-bond donors (Lipinski definition) is 0. The molecule has 0 aliphatic carbocycles. The molecule has 2 aromatic rings. The van der Waals surface area contributed by atoms with E-state index in [1.807, 2.05) is 0 Å². The second-order valence-corrected chi connectivity index (χ2v) is 4.96. The van der Waals surface area contributed by atoms with Crippen LogP contribution in [0, 0.1) is 5.82 Å². The van der Waals surface area contributed by atoms with Gasteiger partial charge in [0, 0.05) is 17.5 Å². The Morgan fingerprint density at radius 1 is 1.44 bits per heavy atom. The monoisotopic (exact) mass is 255 g/mol. The molecule has 0 atom stereocenters. The first-order valence-electron chi connectivity index (χ1n) is 4.54. The number of hydrogen-bond acceptors (Lipinski definition) is 3. The lowest BCUT2D eigenvalue weighted by Gasteiger charge is -1.99. The van der Waals surface area contributed by atoms with Crippen molar-refractivity contribution in [2.75, 3.05) is 0 Å². The van der Waals surface area contributed by atoms with Crippen LogP contribution in [0.3, 0.4) is 0 Å². The van der Waals surface area contributed by atoms with Crippen molar-refractivity contribution in [2.24, 2.45) is 0 Å². The van der Waals surface area contributed by atoms with Crippen molar-refractivity contribution in [1.82, 2.24) is 4.98 Å². The highest BCUT2D eigenvalue weighted by atomic mass is 35.5.